The number of nitrogens with zero attached hydrogens (tertiary/aromatic N) is 1. The molecule has 0 unspecified atom stereocenters. The molecule has 100 valence electrons. The van der Waals surface area contributed by atoms with Crippen molar-refractivity contribution < 1.29 is 9.90 Å². The van der Waals surface area contributed by atoms with Crippen LogP contribution in [0.3, 0.4) is 0 Å². The average Bonchev–Trinajstić information content (AvgIpc) is 2.84. The smallest absolute Gasteiger partial charge is 0.336 e. The molecule has 0 spiro atoms. The van der Waals surface area contributed by atoms with Crippen LogP contribution in [0.15, 0.2) is 54.7 Å². The van der Waals surface area contributed by atoms with Crippen molar-refractivity contribution >= 4 is 16.9 Å². The lowest BCUT2D eigenvalue weighted by molar-refractivity contribution is 0.0699. The second-order valence-corrected chi connectivity index (χ2v) is 4.97. The number of aromatic carboxylic acids is 1. The molecule has 1 N–H and O–H groups in total. The van der Waals surface area contributed by atoms with E-state index >= 15 is 0 Å². The van der Waals surface area contributed by atoms with Crippen molar-refractivity contribution in [2.45, 2.75) is 13.5 Å². The fourth-order valence-electron chi connectivity index (χ4n) is 2.44. The summed E-state index contributed by atoms with van der Waals surface area (Å²) in [7, 11) is 0. The number of hydrogen-bond acceptors (Lipinski definition) is 1. The molecule has 0 aliphatic carbocycles. The quantitative estimate of drug-likeness (QED) is 0.784. The van der Waals surface area contributed by atoms with Gasteiger partial charge in [-0.15, -0.1) is 0 Å². The van der Waals surface area contributed by atoms with Gasteiger partial charge in [-0.25, -0.2) is 4.79 Å². The lowest BCUT2D eigenvalue weighted by Crippen LogP contribution is -2.00. The minimum Gasteiger partial charge on any atom is -0.478 e. The van der Waals surface area contributed by atoms with E-state index < -0.39 is 5.97 Å². The molecule has 3 nitrogen and oxygen atoms in total. The lowest BCUT2D eigenvalue weighted by atomic mass is 10.1. The average molecular weight is 265 g/mol. The first kappa shape index (κ1) is 12.5. The molecule has 20 heavy (non-hydrogen) atoms. The van der Waals surface area contributed by atoms with Crippen LogP contribution in [0.25, 0.3) is 10.9 Å². The maximum absolute atomic E-state index is 11.2. The molecule has 0 bridgehead atoms. The van der Waals surface area contributed by atoms with Crippen LogP contribution in [-0.4, -0.2) is 15.6 Å². The van der Waals surface area contributed by atoms with Crippen LogP contribution in [0, 0.1) is 6.92 Å². The van der Waals surface area contributed by atoms with Gasteiger partial charge in [0.2, 0.25) is 0 Å². The Morgan fingerprint density at radius 1 is 1.10 bits per heavy atom. The Kier molecular flexibility index (Phi) is 3.03. The highest BCUT2D eigenvalue weighted by Gasteiger charge is 2.10. The summed E-state index contributed by atoms with van der Waals surface area (Å²) in [5, 5.41) is 9.99. The Hall–Kier alpha value is -2.55. The van der Waals surface area contributed by atoms with E-state index in [9.17, 15) is 9.90 Å². The topological polar surface area (TPSA) is 42.2 Å². The zero-order valence-corrected chi connectivity index (χ0v) is 11.2. The zero-order chi connectivity index (χ0) is 14.1. The Morgan fingerprint density at radius 2 is 1.85 bits per heavy atom. The summed E-state index contributed by atoms with van der Waals surface area (Å²) in [4.78, 5) is 11.2. The van der Waals surface area contributed by atoms with E-state index in [1.165, 1.54) is 11.1 Å². The van der Waals surface area contributed by atoms with E-state index in [0.29, 0.717) is 5.56 Å². The largest absolute Gasteiger partial charge is 0.478 e. The van der Waals surface area contributed by atoms with Gasteiger partial charge in [0.25, 0.3) is 0 Å². The molecule has 3 aromatic rings. The highest BCUT2D eigenvalue weighted by atomic mass is 16.4. The predicted octanol–water partition coefficient (Wildman–Crippen LogP) is 3.70. The van der Waals surface area contributed by atoms with Crippen LogP contribution in [-0.2, 0) is 6.54 Å². The molecule has 0 saturated carbocycles. The van der Waals surface area contributed by atoms with Crippen molar-refractivity contribution in [2.24, 2.45) is 0 Å². The minimum absolute atomic E-state index is 0.352. The molecular weight excluding hydrogens is 250 g/mol. The van der Waals surface area contributed by atoms with E-state index in [0.717, 1.165) is 17.4 Å². The molecule has 0 amide bonds. The Balaban J connectivity index is 2.03. The molecule has 3 heteroatoms. The first-order valence-corrected chi connectivity index (χ1v) is 6.52. The summed E-state index contributed by atoms with van der Waals surface area (Å²) in [5.41, 5.74) is 3.74. The van der Waals surface area contributed by atoms with Gasteiger partial charge in [-0.3, -0.25) is 0 Å². The Labute approximate surface area is 117 Å². The van der Waals surface area contributed by atoms with Crippen molar-refractivity contribution in [3.05, 3.63) is 71.4 Å². The number of rotatable bonds is 3. The van der Waals surface area contributed by atoms with Crippen molar-refractivity contribution in [2.75, 3.05) is 0 Å². The number of aromatic nitrogens is 1. The molecule has 0 aliphatic rings. The first-order chi connectivity index (χ1) is 9.65. The molecular formula is C17H15NO2. The summed E-state index contributed by atoms with van der Waals surface area (Å²) in [6, 6.07) is 15.6. The molecule has 2 aromatic carbocycles. The number of benzene rings is 2. The highest BCUT2D eigenvalue weighted by molar-refractivity contribution is 6.02. The predicted molar refractivity (Wildman–Crippen MR) is 79.2 cm³/mol. The summed E-state index contributed by atoms with van der Waals surface area (Å²) in [6.07, 6.45) is 1.94. The number of hydrogen-bond donors (Lipinski definition) is 1. The third kappa shape index (κ3) is 2.18. The van der Waals surface area contributed by atoms with E-state index in [2.05, 4.69) is 35.8 Å². The van der Waals surface area contributed by atoms with Crippen LogP contribution < -0.4 is 0 Å². The molecule has 0 fully saturated rings. The van der Waals surface area contributed by atoms with Gasteiger partial charge in [-0.2, -0.15) is 0 Å². The first-order valence-electron chi connectivity index (χ1n) is 6.52. The third-order valence-corrected chi connectivity index (χ3v) is 3.52. The van der Waals surface area contributed by atoms with Gasteiger partial charge in [-0.05, 0) is 30.7 Å². The van der Waals surface area contributed by atoms with Gasteiger partial charge in [0, 0.05) is 23.6 Å². The summed E-state index contributed by atoms with van der Waals surface area (Å²) in [6.45, 7) is 2.81. The van der Waals surface area contributed by atoms with Crippen molar-refractivity contribution in [3.63, 3.8) is 0 Å². The number of fused-ring (bicyclic) bond motifs is 1. The molecule has 1 heterocycles. The maximum Gasteiger partial charge on any atom is 0.336 e. The number of carboxylic acid groups (broad SMARTS) is 1. The molecule has 0 saturated heterocycles. The number of carbonyl (C=O) groups is 1. The van der Waals surface area contributed by atoms with Gasteiger partial charge >= 0.3 is 5.97 Å². The number of carboxylic acids is 1. The van der Waals surface area contributed by atoms with Gasteiger partial charge in [-0.1, -0.05) is 35.9 Å². The highest BCUT2D eigenvalue weighted by Crippen LogP contribution is 2.21. The summed E-state index contributed by atoms with van der Waals surface area (Å²) in [5.74, 6) is -0.885. The van der Waals surface area contributed by atoms with Gasteiger partial charge in [0.15, 0.2) is 0 Å². The lowest BCUT2D eigenvalue weighted by Gasteiger charge is -2.07. The van der Waals surface area contributed by atoms with Gasteiger partial charge in [0.05, 0.1) is 5.56 Å². The minimum atomic E-state index is -0.885. The molecule has 3 rings (SSSR count). The maximum atomic E-state index is 11.2. The van der Waals surface area contributed by atoms with E-state index in [4.69, 9.17) is 0 Å². The standard InChI is InChI=1S/C17H15NO2/c1-12-5-7-13(8-6-12)11-18-10-9-14-15(17(19)20)3-2-4-16(14)18/h2-10H,11H2,1H3,(H,19,20). The Morgan fingerprint density at radius 3 is 2.55 bits per heavy atom. The number of aryl methyl sites for hydroxylation is 1. The van der Waals surface area contributed by atoms with Crippen LogP contribution in [0.2, 0.25) is 0 Å². The molecule has 1 aromatic heterocycles. The van der Waals surface area contributed by atoms with E-state index in [1.807, 2.05) is 18.3 Å². The van der Waals surface area contributed by atoms with Crippen molar-refractivity contribution in [1.82, 2.24) is 4.57 Å². The summed E-state index contributed by atoms with van der Waals surface area (Å²) >= 11 is 0. The van der Waals surface area contributed by atoms with Crippen molar-refractivity contribution in [3.8, 4) is 0 Å². The molecule has 0 atom stereocenters. The van der Waals surface area contributed by atoms with E-state index in [-0.39, 0.29) is 0 Å². The van der Waals surface area contributed by atoms with Gasteiger partial charge < -0.3 is 9.67 Å². The van der Waals surface area contributed by atoms with Gasteiger partial charge in [0.1, 0.15) is 0 Å². The molecule has 0 aliphatic heterocycles. The fourth-order valence-corrected chi connectivity index (χ4v) is 2.44. The monoisotopic (exact) mass is 265 g/mol. The normalized spacial score (nSPS) is 10.8. The van der Waals surface area contributed by atoms with Crippen LogP contribution in [0.4, 0.5) is 0 Å². The van der Waals surface area contributed by atoms with Crippen LogP contribution >= 0.6 is 0 Å². The van der Waals surface area contributed by atoms with Crippen LogP contribution in [0.1, 0.15) is 21.5 Å². The second-order valence-electron chi connectivity index (χ2n) is 4.97. The third-order valence-electron chi connectivity index (χ3n) is 3.52. The Bertz CT molecular complexity index is 769. The molecule has 0 radical (unpaired) electrons. The second kappa shape index (κ2) is 4.85. The van der Waals surface area contributed by atoms with Crippen molar-refractivity contribution in [1.29, 1.82) is 0 Å². The van der Waals surface area contributed by atoms with E-state index in [1.54, 1.807) is 12.1 Å². The zero-order valence-electron chi connectivity index (χ0n) is 11.2. The van der Waals surface area contributed by atoms with Crippen LogP contribution in [0.5, 0.6) is 0 Å². The fraction of sp³-hybridized carbons (Fsp3) is 0.118. The SMILES string of the molecule is Cc1ccc(Cn2ccc3c(C(=O)O)cccc32)cc1. The summed E-state index contributed by atoms with van der Waals surface area (Å²) < 4.78 is 2.08.